The molecule has 2 rings (SSSR count). The van der Waals surface area contributed by atoms with E-state index in [-0.39, 0.29) is 10.6 Å². The normalized spacial score (nSPS) is 11.2. The maximum atomic E-state index is 12.1. The zero-order chi connectivity index (χ0) is 19.2. The molecule has 0 aliphatic heterocycles. The molecular formula is C18H23BrN2O4S. The van der Waals surface area contributed by atoms with Crippen LogP contribution < -0.4 is 19.9 Å². The van der Waals surface area contributed by atoms with Crippen molar-refractivity contribution in [1.82, 2.24) is 0 Å². The molecule has 0 aromatic heterocycles. The first-order valence-corrected chi connectivity index (χ1v) is 10.9. The summed E-state index contributed by atoms with van der Waals surface area (Å²) >= 11 is 3.36. The van der Waals surface area contributed by atoms with Gasteiger partial charge in [-0.25, -0.2) is 13.6 Å². The molecule has 2 aromatic carbocycles. The van der Waals surface area contributed by atoms with Gasteiger partial charge in [0, 0.05) is 11.9 Å². The van der Waals surface area contributed by atoms with Gasteiger partial charge < -0.3 is 14.8 Å². The smallest absolute Gasteiger partial charge is 0.241 e. The van der Waals surface area contributed by atoms with Gasteiger partial charge >= 0.3 is 0 Å². The highest BCUT2D eigenvalue weighted by molar-refractivity contribution is 9.08. The SMILES string of the molecule is CCCCNc1cc(CBr)cc(S(N)(=O)=O)c1Oc1ccc(OC)cc1. The summed E-state index contributed by atoms with van der Waals surface area (Å²) in [4.78, 5) is -0.0516. The number of alkyl halides is 1. The van der Waals surface area contributed by atoms with Crippen LogP contribution in [0.4, 0.5) is 5.69 Å². The van der Waals surface area contributed by atoms with Gasteiger partial charge in [-0.1, -0.05) is 29.3 Å². The van der Waals surface area contributed by atoms with Crippen molar-refractivity contribution in [2.45, 2.75) is 30.0 Å². The molecule has 26 heavy (non-hydrogen) atoms. The molecular weight excluding hydrogens is 420 g/mol. The Morgan fingerprint density at radius 3 is 2.35 bits per heavy atom. The molecule has 0 spiro atoms. The number of primary sulfonamides is 1. The summed E-state index contributed by atoms with van der Waals surface area (Å²) < 4.78 is 35.3. The van der Waals surface area contributed by atoms with Crippen molar-refractivity contribution in [3.8, 4) is 17.2 Å². The number of nitrogens with two attached hydrogens (primary N) is 1. The Morgan fingerprint density at radius 2 is 1.81 bits per heavy atom. The molecule has 0 aliphatic rings. The maximum absolute atomic E-state index is 12.1. The van der Waals surface area contributed by atoms with Crippen molar-refractivity contribution in [3.63, 3.8) is 0 Å². The molecule has 0 fully saturated rings. The Bertz CT molecular complexity index is 839. The van der Waals surface area contributed by atoms with E-state index < -0.39 is 10.0 Å². The number of benzene rings is 2. The Hall–Kier alpha value is -1.77. The van der Waals surface area contributed by atoms with E-state index in [9.17, 15) is 8.42 Å². The number of nitrogens with one attached hydrogen (secondary N) is 1. The molecule has 0 aliphatic carbocycles. The number of unbranched alkanes of at least 4 members (excludes halogenated alkanes) is 1. The second-order valence-corrected chi connectivity index (χ2v) is 7.80. The predicted octanol–water partition coefficient (Wildman–Crippen LogP) is 4.24. The number of hydrogen-bond donors (Lipinski definition) is 2. The first kappa shape index (κ1) is 20.5. The lowest BCUT2D eigenvalue weighted by molar-refractivity contribution is 0.412. The summed E-state index contributed by atoms with van der Waals surface area (Å²) in [6.45, 7) is 2.78. The maximum Gasteiger partial charge on any atom is 0.241 e. The molecule has 142 valence electrons. The summed E-state index contributed by atoms with van der Waals surface area (Å²) in [6.07, 6.45) is 1.97. The zero-order valence-corrected chi connectivity index (χ0v) is 17.2. The van der Waals surface area contributed by atoms with Gasteiger partial charge in [-0.15, -0.1) is 0 Å². The lowest BCUT2D eigenvalue weighted by Crippen LogP contribution is -2.15. The van der Waals surface area contributed by atoms with E-state index in [2.05, 4.69) is 28.2 Å². The summed E-state index contributed by atoms with van der Waals surface area (Å²) in [6, 6.07) is 10.3. The van der Waals surface area contributed by atoms with Crippen molar-refractivity contribution in [1.29, 1.82) is 0 Å². The summed E-state index contributed by atoms with van der Waals surface area (Å²) in [5.74, 6) is 1.36. The summed E-state index contributed by atoms with van der Waals surface area (Å²) in [5.41, 5.74) is 1.38. The van der Waals surface area contributed by atoms with Gasteiger partial charge in [0.2, 0.25) is 10.0 Å². The lowest BCUT2D eigenvalue weighted by Gasteiger charge is -2.17. The third-order valence-electron chi connectivity index (χ3n) is 3.70. The van der Waals surface area contributed by atoms with Crippen LogP contribution in [0.5, 0.6) is 17.2 Å². The number of ether oxygens (including phenoxy) is 2. The van der Waals surface area contributed by atoms with Crippen molar-refractivity contribution < 1.29 is 17.9 Å². The average molecular weight is 443 g/mol. The van der Waals surface area contributed by atoms with Crippen LogP contribution in [0.1, 0.15) is 25.3 Å². The topological polar surface area (TPSA) is 90.7 Å². The molecule has 2 aromatic rings. The average Bonchev–Trinajstić information content (AvgIpc) is 2.62. The van der Waals surface area contributed by atoms with E-state index in [1.54, 1.807) is 31.4 Å². The Kier molecular flexibility index (Phi) is 7.31. The molecule has 0 bridgehead atoms. The minimum absolute atomic E-state index is 0.0516. The van der Waals surface area contributed by atoms with E-state index in [1.165, 1.54) is 6.07 Å². The molecule has 0 radical (unpaired) electrons. The van der Waals surface area contributed by atoms with Crippen LogP contribution in [0.15, 0.2) is 41.3 Å². The van der Waals surface area contributed by atoms with Gasteiger partial charge in [0.05, 0.1) is 12.8 Å². The monoisotopic (exact) mass is 442 g/mol. The lowest BCUT2D eigenvalue weighted by atomic mass is 10.2. The number of hydrogen-bond acceptors (Lipinski definition) is 5. The van der Waals surface area contributed by atoms with E-state index in [1.807, 2.05) is 6.07 Å². The van der Waals surface area contributed by atoms with Gasteiger partial charge in [-0.05, 0) is 48.4 Å². The highest BCUT2D eigenvalue weighted by Crippen LogP contribution is 2.38. The van der Waals surface area contributed by atoms with Gasteiger partial charge in [-0.2, -0.15) is 0 Å². The summed E-state index contributed by atoms with van der Waals surface area (Å²) in [7, 11) is -2.39. The van der Waals surface area contributed by atoms with E-state index in [4.69, 9.17) is 14.6 Å². The Balaban J connectivity index is 2.50. The fourth-order valence-electron chi connectivity index (χ4n) is 2.35. The van der Waals surface area contributed by atoms with Crippen LogP contribution in [0, 0.1) is 0 Å². The molecule has 0 unspecified atom stereocenters. The van der Waals surface area contributed by atoms with Crippen LogP contribution in [0.2, 0.25) is 0 Å². The third kappa shape index (κ3) is 5.36. The van der Waals surface area contributed by atoms with Gasteiger partial charge in [0.15, 0.2) is 5.75 Å². The zero-order valence-electron chi connectivity index (χ0n) is 14.8. The standard InChI is InChI=1S/C18H23BrN2O4S/c1-3-4-9-21-16-10-13(12-19)11-17(26(20,22)23)18(16)25-15-7-5-14(24-2)6-8-15/h5-8,10-11,21H,3-4,9,12H2,1-2H3,(H2,20,22,23). The number of halogens is 1. The first-order chi connectivity index (χ1) is 12.4. The Labute approximate surface area is 162 Å². The highest BCUT2D eigenvalue weighted by atomic mass is 79.9. The largest absolute Gasteiger partial charge is 0.497 e. The molecule has 0 atom stereocenters. The number of sulfonamides is 1. The molecule has 0 amide bonds. The molecule has 3 N–H and O–H groups in total. The molecule has 8 heteroatoms. The van der Waals surface area contributed by atoms with Crippen molar-refractivity contribution >= 4 is 31.6 Å². The first-order valence-electron chi connectivity index (χ1n) is 8.20. The van der Waals surface area contributed by atoms with Crippen LogP contribution >= 0.6 is 15.9 Å². The van der Waals surface area contributed by atoms with Crippen LogP contribution in [-0.4, -0.2) is 22.1 Å². The van der Waals surface area contributed by atoms with Crippen LogP contribution in [-0.2, 0) is 15.4 Å². The van der Waals surface area contributed by atoms with Crippen LogP contribution in [0.3, 0.4) is 0 Å². The van der Waals surface area contributed by atoms with Crippen LogP contribution in [0.25, 0.3) is 0 Å². The summed E-state index contributed by atoms with van der Waals surface area (Å²) in [5, 5.41) is 9.19. The minimum atomic E-state index is -3.96. The van der Waals surface area contributed by atoms with Gasteiger partial charge in [-0.3, -0.25) is 0 Å². The fraction of sp³-hybridized carbons (Fsp3) is 0.333. The molecule has 0 saturated heterocycles. The second-order valence-electron chi connectivity index (χ2n) is 5.71. The molecule has 0 saturated carbocycles. The fourth-order valence-corrected chi connectivity index (χ4v) is 3.40. The van der Waals surface area contributed by atoms with Crippen molar-refractivity contribution in [3.05, 3.63) is 42.0 Å². The second kappa shape index (κ2) is 9.25. The Morgan fingerprint density at radius 1 is 1.15 bits per heavy atom. The minimum Gasteiger partial charge on any atom is -0.497 e. The van der Waals surface area contributed by atoms with E-state index >= 15 is 0 Å². The number of methoxy groups -OCH3 is 1. The van der Waals surface area contributed by atoms with E-state index in [0.29, 0.717) is 29.1 Å². The van der Waals surface area contributed by atoms with Crippen molar-refractivity contribution in [2.75, 3.05) is 19.0 Å². The predicted molar refractivity (Wildman–Crippen MR) is 107 cm³/mol. The van der Waals surface area contributed by atoms with E-state index in [0.717, 1.165) is 18.4 Å². The number of anilines is 1. The van der Waals surface area contributed by atoms with Gasteiger partial charge in [0.25, 0.3) is 0 Å². The highest BCUT2D eigenvalue weighted by Gasteiger charge is 2.21. The molecule has 6 nitrogen and oxygen atoms in total. The molecule has 0 heterocycles. The third-order valence-corrected chi connectivity index (χ3v) is 5.26. The number of rotatable bonds is 9. The van der Waals surface area contributed by atoms with Gasteiger partial charge in [0.1, 0.15) is 16.4 Å². The quantitative estimate of drug-likeness (QED) is 0.447. The van der Waals surface area contributed by atoms with Crippen molar-refractivity contribution in [2.24, 2.45) is 5.14 Å².